The summed E-state index contributed by atoms with van der Waals surface area (Å²) in [6, 6.07) is 6.00. The second-order valence-electron chi connectivity index (χ2n) is 4.23. The SMILES string of the molecule is COCCCN(CCOC)c1ccc(Cl)cc1CBr. The first-order valence-electron chi connectivity index (χ1n) is 6.30. The molecule has 5 heteroatoms. The van der Waals surface area contributed by atoms with Crippen molar-refractivity contribution in [1.82, 2.24) is 0 Å². The van der Waals surface area contributed by atoms with E-state index >= 15 is 0 Å². The molecule has 0 aliphatic carbocycles. The van der Waals surface area contributed by atoms with Gasteiger partial charge in [-0.3, -0.25) is 0 Å². The Bertz CT molecular complexity index is 376. The molecule has 0 aliphatic rings. The van der Waals surface area contributed by atoms with E-state index in [1.165, 1.54) is 11.3 Å². The average Bonchev–Trinajstić information content (AvgIpc) is 2.43. The Morgan fingerprint density at radius 3 is 2.53 bits per heavy atom. The molecule has 1 aromatic carbocycles. The molecular weight excluding hydrogens is 330 g/mol. The summed E-state index contributed by atoms with van der Waals surface area (Å²) in [5, 5.41) is 1.55. The minimum absolute atomic E-state index is 0.706. The number of ether oxygens (including phenoxy) is 2. The van der Waals surface area contributed by atoms with E-state index in [9.17, 15) is 0 Å². The lowest BCUT2D eigenvalue weighted by Crippen LogP contribution is -2.29. The number of anilines is 1. The molecular formula is C14H21BrClNO2. The van der Waals surface area contributed by atoms with Crippen molar-refractivity contribution in [3.05, 3.63) is 28.8 Å². The van der Waals surface area contributed by atoms with E-state index in [0.717, 1.165) is 36.5 Å². The van der Waals surface area contributed by atoms with Crippen LogP contribution < -0.4 is 4.90 Å². The van der Waals surface area contributed by atoms with Crippen molar-refractivity contribution in [2.45, 2.75) is 11.8 Å². The van der Waals surface area contributed by atoms with E-state index in [-0.39, 0.29) is 0 Å². The van der Waals surface area contributed by atoms with Crippen LogP contribution in [0.25, 0.3) is 0 Å². The van der Waals surface area contributed by atoms with Gasteiger partial charge in [-0.2, -0.15) is 0 Å². The molecule has 0 unspecified atom stereocenters. The third-order valence-corrected chi connectivity index (χ3v) is 3.71. The Hall–Kier alpha value is -0.290. The van der Waals surface area contributed by atoms with Gasteiger partial charge in [0.05, 0.1) is 6.61 Å². The second kappa shape index (κ2) is 9.59. The maximum absolute atomic E-state index is 6.05. The van der Waals surface area contributed by atoms with Crippen LogP contribution in [0.4, 0.5) is 5.69 Å². The summed E-state index contributed by atoms with van der Waals surface area (Å²) in [6.07, 6.45) is 0.991. The molecule has 0 fully saturated rings. The zero-order valence-corrected chi connectivity index (χ0v) is 13.8. The van der Waals surface area contributed by atoms with Crippen molar-refractivity contribution in [2.75, 3.05) is 45.4 Å². The van der Waals surface area contributed by atoms with Gasteiger partial charge in [-0.1, -0.05) is 27.5 Å². The van der Waals surface area contributed by atoms with Crippen LogP contribution in [0.15, 0.2) is 18.2 Å². The van der Waals surface area contributed by atoms with Gasteiger partial charge in [-0.05, 0) is 30.2 Å². The predicted molar refractivity (Wildman–Crippen MR) is 84.7 cm³/mol. The van der Waals surface area contributed by atoms with Crippen molar-refractivity contribution in [2.24, 2.45) is 0 Å². The third-order valence-electron chi connectivity index (χ3n) is 2.87. The van der Waals surface area contributed by atoms with E-state index in [4.69, 9.17) is 21.1 Å². The minimum Gasteiger partial charge on any atom is -0.385 e. The van der Waals surface area contributed by atoms with Gasteiger partial charge in [0.15, 0.2) is 0 Å². The number of nitrogens with zero attached hydrogens (tertiary/aromatic N) is 1. The van der Waals surface area contributed by atoms with E-state index in [1.54, 1.807) is 14.2 Å². The van der Waals surface area contributed by atoms with Gasteiger partial charge in [0.2, 0.25) is 0 Å². The number of alkyl halides is 1. The first-order chi connectivity index (χ1) is 9.22. The largest absolute Gasteiger partial charge is 0.385 e. The molecule has 19 heavy (non-hydrogen) atoms. The van der Waals surface area contributed by atoms with Gasteiger partial charge >= 0.3 is 0 Å². The van der Waals surface area contributed by atoms with Crippen molar-refractivity contribution in [1.29, 1.82) is 0 Å². The Morgan fingerprint density at radius 1 is 1.16 bits per heavy atom. The van der Waals surface area contributed by atoms with Crippen molar-refractivity contribution < 1.29 is 9.47 Å². The normalized spacial score (nSPS) is 10.7. The lowest BCUT2D eigenvalue weighted by Gasteiger charge is -2.26. The monoisotopic (exact) mass is 349 g/mol. The van der Waals surface area contributed by atoms with Crippen LogP contribution in [0.3, 0.4) is 0 Å². The zero-order valence-electron chi connectivity index (χ0n) is 11.5. The fourth-order valence-electron chi connectivity index (χ4n) is 1.92. The van der Waals surface area contributed by atoms with E-state index in [1.807, 2.05) is 12.1 Å². The van der Waals surface area contributed by atoms with E-state index in [0.29, 0.717) is 6.61 Å². The number of hydrogen-bond acceptors (Lipinski definition) is 3. The van der Waals surface area contributed by atoms with Gasteiger partial charge in [0.1, 0.15) is 0 Å². The molecule has 0 heterocycles. The summed E-state index contributed by atoms with van der Waals surface area (Å²) in [7, 11) is 3.45. The standard InChI is InChI=1S/C14H21BrClNO2/c1-18-8-3-6-17(7-9-19-2)14-5-4-13(16)10-12(14)11-15/h4-5,10H,3,6-9,11H2,1-2H3. The molecule has 0 saturated heterocycles. The Labute approximate surface area is 129 Å². The van der Waals surface area contributed by atoms with Crippen LogP contribution in [0.1, 0.15) is 12.0 Å². The fraction of sp³-hybridized carbons (Fsp3) is 0.571. The molecule has 1 aromatic rings. The van der Waals surface area contributed by atoms with E-state index in [2.05, 4.69) is 26.9 Å². The van der Waals surface area contributed by atoms with Gasteiger partial charge in [0.25, 0.3) is 0 Å². The molecule has 3 nitrogen and oxygen atoms in total. The summed E-state index contributed by atoms with van der Waals surface area (Å²) in [4.78, 5) is 2.31. The molecule has 1 rings (SSSR count). The molecule has 0 N–H and O–H groups in total. The highest BCUT2D eigenvalue weighted by Crippen LogP contribution is 2.26. The maximum atomic E-state index is 6.05. The lowest BCUT2D eigenvalue weighted by atomic mass is 10.1. The van der Waals surface area contributed by atoms with Gasteiger partial charge in [-0.25, -0.2) is 0 Å². The van der Waals surface area contributed by atoms with Crippen LogP contribution >= 0.6 is 27.5 Å². The van der Waals surface area contributed by atoms with Crippen molar-refractivity contribution >= 4 is 33.2 Å². The highest BCUT2D eigenvalue weighted by molar-refractivity contribution is 9.08. The quantitative estimate of drug-likeness (QED) is 0.500. The number of methoxy groups -OCH3 is 2. The number of halogens is 2. The second-order valence-corrected chi connectivity index (χ2v) is 5.23. The van der Waals surface area contributed by atoms with Crippen LogP contribution in [-0.4, -0.2) is 40.5 Å². The molecule has 108 valence electrons. The van der Waals surface area contributed by atoms with Crippen LogP contribution in [-0.2, 0) is 14.8 Å². The summed E-state index contributed by atoms with van der Waals surface area (Å²) >= 11 is 9.57. The number of benzene rings is 1. The molecule has 0 aliphatic heterocycles. The summed E-state index contributed by atoms with van der Waals surface area (Å²) in [5.41, 5.74) is 2.40. The molecule has 0 bridgehead atoms. The molecule has 0 spiro atoms. The van der Waals surface area contributed by atoms with Crippen molar-refractivity contribution in [3.63, 3.8) is 0 Å². The zero-order chi connectivity index (χ0) is 14.1. The molecule has 0 amide bonds. The first-order valence-corrected chi connectivity index (χ1v) is 7.80. The van der Waals surface area contributed by atoms with Crippen LogP contribution in [0, 0.1) is 0 Å². The summed E-state index contributed by atoms with van der Waals surface area (Å²) in [6.45, 7) is 3.28. The number of hydrogen-bond donors (Lipinski definition) is 0. The first kappa shape index (κ1) is 16.8. The topological polar surface area (TPSA) is 21.7 Å². The Kier molecular flexibility index (Phi) is 8.46. The predicted octanol–water partition coefficient (Wildman–Crippen LogP) is 3.72. The lowest BCUT2D eigenvalue weighted by molar-refractivity contribution is 0.191. The molecule has 0 radical (unpaired) electrons. The average molecular weight is 351 g/mol. The highest BCUT2D eigenvalue weighted by atomic mass is 79.9. The van der Waals surface area contributed by atoms with Gasteiger partial charge in [0, 0.05) is 50.0 Å². The number of rotatable bonds is 9. The van der Waals surface area contributed by atoms with Gasteiger partial charge in [-0.15, -0.1) is 0 Å². The van der Waals surface area contributed by atoms with E-state index < -0.39 is 0 Å². The summed E-state index contributed by atoms with van der Waals surface area (Å²) in [5.74, 6) is 0. The fourth-order valence-corrected chi connectivity index (χ4v) is 2.57. The van der Waals surface area contributed by atoms with Crippen LogP contribution in [0.2, 0.25) is 5.02 Å². The molecule has 0 saturated carbocycles. The maximum Gasteiger partial charge on any atom is 0.0637 e. The highest BCUT2D eigenvalue weighted by Gasteiger charge is 2.11. The Balaban J connectivity index is 2.82. The van der Waals surface area contributed by atoms with Crippen molar-refractivity contribution in [3.8, 4) is 0 Å². The minimum atomic E-state index is 0.706. The third kappa shape index (κ3) is 5.69. The summed E-state index contributed by atoms with van der Waals surface area (Å²) < 4.78 is 10.3. The Morgan fingerprint density at radius 2 is 1.89 bits per heavy atom. The van der Waals surface area contributed by atoms with Gasteiger partial charge < -0.3 is 14.4 Å². The van der Waals surface area contributed by atoms with Crippen LogP contribution in [0.5, 0.6) is 0 Å². The molecule has 0 aromatic heterocycles. The molecule has 0 atom stereocenters. The smallest absolute Gasteiger partial charge is 0.0637 e.